The summed E-state index contributed by atoms with van der Waals surface area (Å²) >= 11 is 3.82. The van der Waals surface area contributed by atoms with Crippen LogP contribution in [0.1, 0.15) is 11.1 Å². The molecule has 0 amide bonds. The van der Waals surface area contributed by atoms with Crippen LogP contribution >= 0.6 is 15.9 Å². The summed E-state index contributed by atoms with van der Waals surface area (Å²) in [4.78, 5) is 2.23. The highest BCUT2D eigenvalue weighted by atomic mass is 79.9. The summed E-state index contributed by atoms with van der Waals surface area (Å²) in [5.41, 5.74) is 7.10. The summed E-state index contributed by atoms with van der Waals surface area (Å²) in [7, 11) is 3.84. The summed E-state index contributed by atoms with van der Waals surface area (Å²) in [5, 5.41) is 0. The number of rotatable bonds is 2. The van der Waals surface area contributed by atoms with Crippen LogP contribution in [0.3, 0.4) is 0 Å². The van der Waals surface area contributed by atoms with Gasteiger partial charge in [0.15, 0.2) is 4.51 Å². The van der Waals surface area contributed by atoms with Gasteiger partial charge in [-0.15, -0.1) is 0 Å². The number of alkyl halides is 1. The molecule has 24 heavy (non-hydrogen) atoms. The van der Waals surface area contributed by atoms with Crippen LogP contribution in [-0.2, 0) is 4.74 Å². The number of ether oxygens (including phenoxy) is 1. The van der Waals surface area contributed by atoms with Gasteiger partial charge in [0, 0.05) is 42.3 Å². The highest BCUT2D eigenvalue weighted by Gasteiger charge is 2.40. The maximum Gasteiger partial charge on any atom is 0.169 e. The Bertz CT molecular complexity index is 882. The molecule has 2 aromatic rings. The predicted octanol–water partition coefficient (Wildman–Crippen LogP) is 5.13. The van der Waals surface area contributed by atoms with Gasteiger partial charge in [-0.05, 0) is 39.7 Å². The Morgan fingerprint density at radius 3 is 2.46 bits per heavy atom. The van der Waals surface area contributed by atoms with E-state index in [1.165, 1.54) is 22.4 Å². The molecule has 2 nitrogen and oxygen atoms in total. The molecule has 120 valence electrons. The summed E-state index contributed by atoms with van der Waals surface area (Å²) in [6.45, 7) is 0. The fourth-order valence-electron chi connectivity index (χ4n) is 3.50. The van der Waals surface area contributed by atoms with Gasteiger partial charge in [-0.25, -0.2) is 0 Å². The minimum absolute atomic E-state index is 0.635. The average molecular weight is 380 g/mol. The van der Waals surface area contributed by atoms with Crippen molar-refractivity contribution < 1.29 is 4.74 Å². The lowest BCUT2D eigenvalue weighted by Gasteiger charge is -2.41. The highest BCUT2D eigenvalue weighted by molar-refractivity contribution is 9.10. The molecule has 0 radical (unpaired) electrons. The molecule has 1 aliphatic heterocycles. The minimum atomic E-state index is -0.635. The number of hydrogen-bond donors (Lipinski definition) is 0. The van der Waals surface area contributed by atoms with Crippen molar-refractivity contribution >= 4 is 27.2 Å². The Balaban J connectivity index is 2.11. The van der Waals surface area contributed by atoms with Crippen LogP contribution in [0.4, 0.5) is 5.69 Å². The van der Waals surface area contributed by atoms with Crippen molar-refractivity contribution in [3.63, 3.8) is 0 Å². The van der Waals surface area contributed by atoms with E-state index >= 15 is 0 Å². The number of benzene rings is 2. The maximum atomic E-state index is 5.87. The molecule has 0 bridgehead atoms. The van der Waals surface area contributed by atoms with Gasteiger partial charge < -0.3 is 9.64 Å². The summed E-state index contributed by atoms with van der Waals surface area (Å²) in [5.74, 6) is 0. The fraction of sp³-hybridized carbons (Fsp3) is 0.143. The second kappa shape index (κ2) is 5.76. The Kier molecular flexibility index (Phi) is 3.70. The molecule has 1 aliphatic carbocycles. The van der Waals surface area contributed by atoms with Gasteiger partial charge in [0.1, 0.15) is 0 Å². The molecule has 1 heterocycles. The second-order valence-electron chi connectivity index (χ2n) is 5.95. The van der Waals surface area contributed by atoms with E-state index in [9.17, 15) is 0 Å². The number of fused-ring (bicyclic) bond motifs is 2. The van der Waals surface area contributed by atoms with Gasteiger partial charge in [0.25, 0.3) is 0 Å². The molecule has 0 saturated carbocycles. The van der Waals surface area contributed by atoms with E-state index in [1.807, 2.05) is 12.1 Å². The largest absolute Gasteiger partial charge is 0.359 e. The number of allylic oxidation sites excluding steroid dienone is 2. The van der Waals surface area contributed by atoms with Crippen molar-refractivity contribution in [2.24, 2.45) is 0 Å². The quantitative estimate of drug-likeness (QED) is 0.670. The number of nitrogens with zero attached hydrogens (tertiary/aromatic N) is 1. The van der Waals surface area contributed by atoms with Crippen molar-refractivity contribution in [3.8, 4) is 0 Å². The zero-order chi connectivity index (χ0) is 16.7. The first-order valence-corrected chi connectivity index (χ1v) is 8.72. The van der Waals surface area contributed by atoms with Crippen LogP contribution in [0.15, 0.2) is 84.1 Å². The van der Waals surface area contributed by atoms with Gasteiger partial charge in [-0.2, -0.15) is 0 Å². The molecule has 3 heteroatoms. The summed E-state index contributed by atoms with van der Waals surface area (Å²) < 4.78 is 5.23. The van der Waals surface area contributed by atoms with Crippen molar-refractivity contribution in [3.05, 3.63) is 95.2 Å². The van der Waals surface area contributed by atoms with Crippen molar-refractivity contribution in [1.82, 2.24) is 0 Å². The van der Waals surface area contributed by atoms with Crippen LogP contribution < -0.4 is 4.90 Å². The first-order chi connectivity index (χ1) is 11.7. The molecular weight excluding hydrogens is 362 g/mol. The Morgan fingerprint density at radius 2 is 1.71 bits per heavy atom. The SMILES string of the molecule is COC1(Br)C=CC=C2C1=C(c1ccccc1)c1ccccc1N2C. The number of halogens is 1. The third-order valence-electron chi connectivity index (χ3n) is 4.67. The van der Waals surface area contributed by atoms with Crippen molar-refractivity contribution in [2.45, 2.75) is 4.51 Å². The lowest BCUT2D eigenvalue weighted by Crippen LogP contribution is -2.36. The number of para-hydroxylation sites is 1. The van der Waals surface area contributed by atoms with E-state index in [0.29, 0.717) is 0 Å². The van der Waals surface area contributed by atoms with E-state index in [2.05, 4.69) is 88.6 Å². The van der Waals surface area contributed by atoms with Crippen LogP contribution in [0.5, 0.6) is 0 Å². The molecule has 2 aliphatic rings. The third-order valence-corrected chi connectivity index (χ3v) is 5.65. The van der Waals surface area contributed by atoms with Crippen molar-refractivity contribution in [2.75, 3.05) is 19.1 Å². The van der Waals surface area contributed by atoms with Gasteiger partial charge >= 0.3 is 0 Å². The molecule has 0 aromatic heterocycles. The number of methoxy groups -OCH3 is 1. The average Bonchev–Trinajstić information content (AvgIpc) is 2.64. The smallest absolute Gasteiger partial charge is 0.169 e. The van der Waals surface area contributed by atoms with E-state index in [0.717, 1.165) is 11.3 Å². The standard InChI is InChI=1S/C21H18BrNO/c1-23-17-12-7-6-11-16(17)19(15-9-4-3-5-10-15)20-18(23)13-8-14-21(20,22)24-2/h3-14H,1-2H3. The summed E-state index contributed by atoms with van der Waals surface area (Å²) in [6, 6.07) is 19.0. The van der Waals surface area contributed by atoms with Crippen LogP contribution in [-0.4, -0.2) is 18.7 Å². The van der Waals surface area contributed by atoms with E-state index < -0.39 is 4.51 Å². The normalized spacial score (nSPS) is 22.1. The fourth-order valence-corrected chi connectivity index (χ4v) is 4.05. The molecule has 2 aromatic carbocycles. The molecule has 0 N–H and O–H groups in total. The molecule has 4 rings (SSSR count). The Morgan fingerprint density at radius 1 is 1.00 bits per heavy atom. The monoisotopic (exact) mass is 379 g/mol. The molecule has 0 fully saturated rings. The molecule has 1 unspecified atom stereocenters. The topological polar surface area (TPSA) is 12.5 Å². The predicted molar refractivity (Wildman–Crippen MR) is 103 cm³/mol. The van der Waals surface area contributed by atoms with E-state index in [1.54, 1.807) is 7.11 Å². The minimum Gasteiger partial charge on any atom is -0.359 e. The second-order valence-corrected chi connectivity index (χ2v) is 7.13. The summed E-state index contributed by atoms with van der Waals surface area (Å²) in [6.07, 6.45) is 6.24. The third kappa shape index (κ3) is 2.20. The van der Waals surface area contributed by atoms with Gasteiger partial charge in [0.2, 0.25) is 0 Å². The number of hydrogen-bond acceptors (Lipinski definition) is 2. The van der Waals surface area contributed by atoms with Crippen LogP contribution in [0.2, 0.25) is 0 Å². The Labute approximate surface area is 150 Å². The van der Waals surface area contributed by atoms with Gasteiger partial charge in [-0.3, -0.25) is 0 Å². The molecule has 1 atom stereocenters. The van der Waals surface area contributed by atoms with Crippen LogP contribution in [0.25, 0.3) is 5.57 Å². The first kappa shape index (κ1) is 15.4. The lowest BCUT2D eigenvalue weighted by molar-refractivity contribution is 0.147. The zero-order valence-electron chi connectivity index (χ0n) is 13.7. The molecule has 0 saturated heterocycles. The molecule has 0 spiro atoms. The van der Waals surface area contributed by atoms with E-state index in [-0.39, 0.29) is 0 Å². The Hall–Kier alpha value is -2.10. The lowest BCUT2D eigenvalue weighted by atomic mass is 9.82. The van der Waals surface area contributed by atoms with E-state index in [4.69, 9.17) is 4.74 Å². The molecular formula is C21H18BrNO. The van der Waals surface area contributed by atoms with Gasteiger partial charge in [-0.1, -0.05) is 54.6 Å². The van der Waals surface area contributed by atoms with Crippen molar-refractivity contribution in [1.29, 1.82) is 0 Å². The number of likely N-dealkylation sites (N-methyl/N-ethyl adjacent to an activating group) is 1. The van der Waals surface area contributed by atoms with Gasteiger partial charge in [0.05, 0.1) is 0 Å². The highest BCUT2D eigenvalue weighted by Crippen LogP contribution is 2.50. The zero-order valence-corrected chi connectivity index (χ0v) is 15.2. The van der Waals surface area contributed by atoms with Crippen LogP contribution in [0, 0.1) is 0 Å². The maximum absolute atomic E-state index is 5.87. The number of anilines is 1. The first-order valence-electron chi connectivity index (χ1n) is 7.93.